The second kappa shape index (κ2) is 8.23. The van der Waals surface area contributed by atoms with Crippen LogP contribution in [-0.4, -0.2) is 58.0 Å². The van der Waals surface area contributed by atoms with Gasteiger partial charge in [-0.2, -0.15) is 10.1 Å². The van der Waals surface area contributed by atoms with Crippen LogP contribution in [0.1, 0.15) is 23.2 Å². The molecule has 10 heteroatoms. The minimum absolute atomic E-state index is 0.292. The number of primary amides is 1. The van der Waals surface area contributed by atoms with Crippen LogP contribution in [0.3, 0.4) is 0 Å². The Kier molecular flexibility index (Phi) is 5.13. The lowest BCUT2D eigenvalue weighted by Gasteiger charge is -2.30. The Bertz CT molecular complexity index is 1070. The molecule has 160 valence electrons. The van der Waals surface area contributed by atoms with E-state index >= 15 is 0 Å². The maximum absolute atomic E-state index is 11.7. The molecule has 1 saturated heterocycles. The molecule has 0 radical (unpaired) electrons. The van der Waals surface area contributed by atoms with Crippen LogP contribution in [0, 0.1) is 0 Å². The second-order valence-electron chi connectivity index (χ2n) is 7.62. The third-order valence-corrected chi connectivity index (χ3v) is 5.31. The molecule has 31 heavy (non-hydrogen) atoms. The number of nitrogens with zero attached hydrogens (tertiary/aromatic N) is 5. The highest BCUT2D eigenvalue weighted by atomic mass is 16.5. The molecule has 1 aromatic carbocycles. The zero-order valence-electron chi connectivity index (χ0n) is 17.0. The van der Waals surface area contributed by atoms with Crippen molar-refractivity contribution < 1.29 is 9.53 Å². The molecule has 0 unspecified atom stereocenters. The Morgan fingerprint density at radius 3 is 2.74 bits per heavy atom. The van der Waals surface area contributed by atoms with Gasteiger partial charge >= 0.3 is 0 Å². The summed E-state index contributed by atoms with van der Waals surface area (Å²) in [5.74, 6) is 0.315. The monoisotopic (exact) mass is 420 g/mol. The van der Waals surface area contributed by atoms with Gasteiger partial charge in [0.15, 0.2) is 0 Å². The van der Waals surface area contributed by atoms with Crippen molar-refractivity contribution in [3.8, 4) is 5.69 Å². The highest BCUT2D eigenvalue weighted by molar-refractivity contribution is 5.97. The Hall–Kier alpha value is -3.66. The third kappa shape index (κ3) is 4.29. The summed E-state index contributed by atoms with van der Waals surface area (Å²) in [6, 6.07) is 8.27. The van der Waals surface area contributed by atoms with Gasteiger partial charge in [0.1, 0.15) is 5.82 Å². The number of aromatic nitrogens is 4. The summed E-state index contributed by atoms with van der Waals surface area (Å²) in [4.78, 5) is 22.8. The summed E-state index contributed by atoms with van der Waals surface area (Å²) in [7, 11) is 0. The summed E-state index contributed by atoms with van der Waals surface area (Å²) in [6.45, 7) is 2.97. The van der Waals surface area contributed by atoms with Crippen molar-refractivity contribution in [1.82, 2.24) is 19.7 Å². The molecule has 0 atom stereocenters. The number of hydrogen-bond acceptors (Lipinski definition) is 8. The van der Waals surface area contributed by atoms with Crippen molar-refractivity contribution in [2.75, 3.05) is 41.8 Å². The number of nitrogens with one attached hydrogen (secondary N) is 2. The van der Waals surface area contributed by atoms with Crippen molar-refractivity contribution in [2.45, 2.75) is 18.9 Å². The van der Waals surface area contributed by atoms with E-state index in [1.54, 1.807) is 6.20 Å². The summed E-state index contributed by atoms with van der Waals surface area (Å²) in [5.41, 5.74) is 8.63. The zero-order chi connectivity index (χ0) is 21.2. The molecule has 0 bridgehead atoms. The standard InChI is InChI=1S/C21H24N8O2/c22-19(30)16-13-23-21(27-20(16)25-14-2-3-14)26-15-4-5-17(29-7-1-6-24-29)18(12-15)28-8-10-31-11-9-28/h1,4-7,12-14H,2-3,8-11H2,(H2,22,30)(H2,23,25,26,27). The van der Waals surface area contributed by atoms with Crippen LogP contribution in [0.25, 0.3) is 5.69 Å². The summed E-state index contributed by atoms with van der Waals surface area (Å²) in [5, 5.41) is 10.9. The van der Waals surface area contributed by atoms with Crippen molar-refractivity contribution >= 4 is 29.0 Å². The van der Waals surface area contributed by atoms with Crippen molar-refractivity contribution in [3.63, 3.8) is 0 Å². The molecule has 1 aliphatic heterocycles. The predicted octanol–water partition coefficient (Wildman–Crippen LogP) is 1.92. The number of carbonyl (C=O) groups excluding carboxylic acids is 1. The number of nitrogens with two attached hydrogens (primary N) is 1. The van der Waals surface area contributed by atoms with Crippen molar-refractivity contribution in [2.24, 2.45) is 5.73 Å². The molecule has 1 aliphatic carbocycles. The van der Waals surface area contributed by atoms with E-state index in [1.165, 1.54) is 6.20 Å². The number of morpholine rings is 1. The van der Waals surface area contributed by atoms with Gasteiger partial charge in [-0.15, -0.1) is 0 Å². The van der Waals surface area contributed by atoms with Gasteiger partial charge in [0, 0.05) is 43.4 Å². The number of benzene rings is 1. The van der Waals surface area contributed by atoms with Crippen LogP contribution < -0.4 is 21.3 Å². The van der Waals surface area contributed by atoms with Crippen LogP contribution in [0.4, 0.5) is 23.1 Å². The number of hydrogen-bond donors (Lipinski definition) is 3. The molecule has 1 amide bonds. The minimum Gasteiger partial charge on any atom is -0.378 e. The van der Waals surface area contributed by atoms with E-state index in [1.807, 2.05) is 29.1 Å². The van der Waals surface area contributed by atoms with E-state index in [9.17, 15) is 4.79 Å². The summed E-state index contributed by atoms with van der Waals surface area (Å²) >= 11 is 0. The molecule has 2 aromatic heterocycles. The van der Waals surface area contributed by atoms with Gasteiger partial charge in [0.25, 0.3) is 5.91 Å². The van der Waals surface area contributed by atoms with Crippen LogP contribution in [0.5, 0.6) is 0 Å². The first-order valence-corrected chi connectivity index (χ1v) is 10.3. The van der Waals surface area contributed by atoms with Gasteiger partial charge in [-0.05, 0) is 37.1 Å². The molecule has 5 rings (SSSR count). The minimum atomic E-state index is -0.548. The van der Waals surface area contributed by atoms with Gasteiger partial charge in [-0.3, -0.25) is 4.79 Å². The van der Waals surface area contributed by atoms with Crippen molar-refractivity contribution in [3.05, 3.63) is 48.4 Å². The fourth-order valence-corrected chi connectivity index (χ4v) is 3.55. The predicted molar refractivity (Wildman–Crippen MR) is 117 cm³/mol. The van der Waals surface area contributed by atoms with Gasteiger partial charge in [0.05, 0.1) is 30.2 Å². The van der Waals surface area contributed by atoms with Crippen LogP contribution >= 0.6 is 0 Å². The average molecular weight is 420 g/mol. The Labute approximate surface area is 179 Å². The largest absolute Gasteiger partial charge is 0.378 e. The lowest BCUT2D eigenvalue weighted by molar-refractivity contribution is 0.100. The van der Waals surface area contributed by atoms with Crippen LogP contribution in [-0.2, 0) is 4.74 Å². The number of rotatable bonds is 7. The zero-order valence-corrected chi connectivity index (χ0v) is 17.0. The summed E-state index contributed by atoms with van der Waals surface area (Å²) in [6.07, 6.45) is 7.26. The second-order valence-corrected chi connectivity index (χ2v) is 7.62. The maximum atomic E-state index is 11.7. The molecular formula is C21H24N8O2. The number of anilines is 4. The lowest BCUT2D eigenvalue weighted by Crippen LogP contribution is -2.36. The maximum Gasteiger partial charge on any atom is 0.254 e. The molecule has 2 fully saturated rings. The van der Waals surface area contributed by atoms with E-state index in [-0.39, 0.29) is 0 Å². The smallest absolute Gasteiger partial charge is 0.254 e. The Morgan fingerprint density at radius 1 is 1.19 bits per heavy atom. The van der Waals surface area contributed by atoms with Gasteiger partial charge in [-0.1, -0.05) is 0 Å². The van der Waals surface area contributed by atoms with Crippen LogP contribution in [0.15, 0.2) is 42.9 Å². The van der Waals surface area contributed by atoms with E-state index in [4.69, 9.17) is 10.5 Å². The topological polar surface area (TPSA) is 123 Å². The summed E-state index contributed by atoms with van der Waals surface area (Å²) < 4.78 is 7.37. The number of amides is 1. The van der Waals surface area contributed by atoms with E-state index in [0.717, 1.165) is 43.0 Å². The Morgan fingerprint density at radius 2 is 2.03 bits per heavy atom. The van der Waals surface area contributed by atoms with E-state index in [2.05, 4.69) is 36.7 Å². The van der Waals surface area contributed by atoms with E-state index in [0.29, 0.717) is 36.6 Å². The number of ether oxygens (including phenoxy) is 1. The first kappa shape index (κ1) is 19.3. The SMILES string of the molecule is NC(=O)c1cnc(Nc2ccc(-n3cccn3)c(N3CCOCC3)c2)nc1NC1CC1. The highest BCUT2D eigenvalue weighted by Gasteiger charge is 2.24. The molecular weight excluding hydrogens is 396 g/mol. The van der Waals surface area contributed by atoms with Gasteiger partial charge in [0.2, 0.25) is 5.95 Å². The Balaban J connectivity index is 1.45. The van der Waals surface area contributed by atoms with E-state index < -0.39 is 5.91 Å². The van der Waals surface area contributed by atoms with Gasteiger partial charge < -0.3 is 26.0 Å². The fourth-order valence-electron chi connectivity index (χ4n) is 3.55. The lowest BCUT2D eigenvalue weighted by atomic mass is 10.2. The normalized spacial score (nSPS) is 16.2. The fraction of sp³-hybridized carbons (Fsp3) is 0.333. The van der Waals surface area contributed by atoms with Gasteiger partial charge in [-0.25, -0.2) is 9.67 Å². The molecule has 3 heterocycles. The quantitative estimate of drug-likeness (QED) is 0.530. The molecule has 3 aromatic rings. The van der Waals surface area contributed by atoms with Crippen molar-refractivity contribution in [1.29, 1.82) is 0 Å². The first-order chi connectivity index (χ1) is 15.2. The third-order valence-electron chi connectivity index (χ3n) is 5.31. The molecule has 10 nitrogen and oxygen atoms in total. The highest BCUT2D eigenvalue weighted by Crippen LogP contribution is 2.30. The molecule has 2 aliphatic rings. The molecule has 1 saturated carbocycles. The number of carbonyl (C=O) groups is 1. The molecule has 4 N–H and O–H groups in total. The average Bonchev–Trinajstić information content (AvgIpc) is 3.43. The molecule has 0 spiro atoms. The first-order valence-electron chi connectivity index (χ1n) is 10.3. The van der Waals surface area contributed by atoms with Crippen LogP contribution in [0.2, 0.25) is 0 Å².